The van der Waals surface area contributed by atoms with Crippen LogP contribution in [0.2, 0.25) is 0 Å². The quantitative estimate of drug-likeness (QED) is 0.637. The van der Waals surface area contributed by atoms with Crippen molar-refractivity contribution in [2.75, 3.05) is 4.72 Å². The van der Waals surface area contributed by atoms with E-state index in [1.54, 1.807) is 18.3 Å². The Balaban J connectivity index is 1.74. The summed E-state index contributed by atoms with van der Waals surface area (Å²) >= 11 is 1.20. The number of aromatic nitrogens is 1. The number of hydrogen-bond donors (Lipinski definition) is 2. The van der Waals surface area contributed by atoms with Gasteiger partial charge >= 0.3 is 0 Å². The highest BCUT2D eigenvalue weighted by atomic mass is 32.2. The van der Waals surface area contributed by atoms with Crippen molar-refractivity contribution in [3.8, 4) is 17.3 Å². The van der Waals surface area contributed by atoms with Crippen LogP contribution in [0.5, 0.6) is 0 Å². The fraction of sp³-hybridized carbons (Fsp3) is 0.0556. The molecule has 0 atom stereocenters. The molecule has 0 spiro atoms. The van der Waals surface area contributed by atoms with E-state index in [0.29, 0.717) is 11.3 Å². The molecule has 2 N–H and O–H groups in total. The second-order valence-corrected chi connectivity index (χ2v) is 6.12. The molecule has 3 aromatic rings. The van der Waals surface area contributed by atoms with Crippen LogP contribution in [0.4, 0.5) is 14.5 Å². The number of anilines is 1. The fourth-order valence-corrected chi connectivity index (χ4v) is 2.90. The smallest absolute Gasteiger partial charge is 0.148 e. The first-order valence-electron chi connectivity index (χ1n) is 7.14. The van der Waals surface area contributed by atoms with Crippen molar-refractivity contribution in [2.24, 2.45) is 0 Å². The van der Waals surface area contributed by atoms with Crippen molar-refractivity contribution in [3.63, 3.8) is 0 Å². The van der Waals surface area contributed by atoms with E-state index < -0.39 is 5.82 Å². The zero-order valence-corrected chi connectivity index (χ0v) is 13.5. The molecule has 0 bridgehead atoms. The maximum Gasteiger partial charge on any atom is 0.148 e. The fourth-order valence-electron chi connectivity index (χ4n) is 2.21. The number of nitriles is 1. The number of nitrogens with one attached hydrogen (secondary N) is 2. The third-order valence-corrected chi connectivity index (χ3v) is 4.24. The maximum atomic E-state index is 14.0. The lowest BCUT2D eigenvalue weighted by molar-refractivity contribution is 0.629. The Bertz CT molecular complexity index is 928. The van der Waals surface area contributed by atoms with Crippen LogP contribution in [0.25, 0.3) is 11.3 Å². The molecule has 0 saturated carbocycles. The van der Waals surface area contributed by atoms with Crippen LogP contribution in [0.15, 0.2) is 53.6 Å². The second-order valence-electron chi connectivity index (χ2n) is 5.24. The van der Waals surface area contributed by atoms with E-state index in [4.69, 9.17) is 5.26 Å². The summed E-state index contributed by atoms with van der Waals surface area (Å²) in [5.41, 5.74) is 2.54. The number of aromatic amines is 1. The third-order valence-electron chi connectivity index (χ3n) is 3.45. The minimum absolute atomic E-state index is 0.266. The van der Waals surface area contributed by atoms with Crippen LogP contribution in [0.1, 0.15) is 11.1 Å². The minimum Gasteiger partial charge on any atom is -0.360 e. The molecule has 24 heavy (non-hydrogen) atoms. The molecule has 6 heteroatoms. The Kier molecular flexibility index (Phi) is 4.54. The van der Waals surface area contributed by atoms with Crippen molar-refractivity contribution in [1.82, 2.24) is 4.98 Å². The summed E-state index contributed by atoms with van der Waals surface area (Å²) in [6.45, 7) is 1.83. The largest absolute Gasteiger partial charge is 0.360 e. The SMILES string of the molecule is Cc1ccc(-c2cc(SNc3ccc(C#N)cc3F)c[nH]2)c(F)c1. The lowest BCUT2D eigenvalue weighted by Crippen LogP contribution is -1.91. The van der Waals surface area contributed by atoms with Gasteiger partial charge in [-0.3, -0.25) is 0 Å². The summed E-state index contributed by atoms with van der Waals surface area (Å²) in [4.78, 5) is 3.80. The predicted molar refractivity (Wildman–Crippen MR) is 91.5 cm³/mol. The normalized spacial score (nSPS) is 10.4. The van der Waals surface area contributed by atoms with Gasteiger partial charge in [-0.15, -0.1) is 0 Å². The monoisotopic (exact) mass is 341 g/mol. The van der Waals surface area contributed by atoms with E-state index in [-0.39, 0.29) is 17.1 Å². The van der Waals surface area contributed by atoms with E-state index in [9.17, 15) is 8.78 Å². The minimum atomic E-state index is -0.498. The molecular formula is C18H13F2N3S. The third kappa shape index (κ3) is 3.42. The van der Waals surface area contributed by atoms with Gasteiger partial charge in [-0.05, 0) is 60.8 Å². The molecule has 3 nitrogen and oxygen atoms in total. The molecule has 1 aromatic heterocycles. The highest BCUT2D eigenvalue weighted by Crippen LogP contribution is 2.29. The van der Waals surface area contributed by atoms with Crippen LogP contribution >= 0.6 is 11.9 Å². The Morgan fingerprint density at radius 1 is 1.08 bits per heavy atom. The Morgan fingerprint density at radius 2 is 1.92 bits per heavy atom. The number of benzene rings is 2. The summed E-state index contributed by atoms with van der Waals surface area (Å²) in [6, 6.07) is 12.9. The highest BCUT2D eigenvalue weighted by molar-refractivity contribution is 8.00. The van der Waals surface area contributed by atoms with Crippen LogP contribution in [-0.4, -0.2) is 4.98 Å². The standard InChI is InChI=1S/C18H13F2N3S/c1-11-2-4-14(15(19)6-11)18-8-13(10-22-18)24-23-17-5-3-12(9-21)7-16(17)20/h2-8,10,22-23H,1H3. The summed E-state index contributed by atoms with van der Waals surface area (Å²) in [6.07, 6.45) is 1.72. The molecule has 1 heterocycles. The number of aryl methyl sites for hydroxylation is 1. The van der Waals surface area contributed by atoms with Crippen LogP contribution in [-0.2, 0) is 0 Å². The average molecular weight is 341 g/mol. The topological polar surface area (TPSA) is 51.6 Å². The van der Waals surface area contributed by atoms with Crippen molar-refractivity contribution in [3.05, 3.63) is 71.4 Å². The maximum absolute atomic E-state index is 14.0. The van der Waals surface area contributed by atoms with Gasteiger partial charge < -0.3 is 9.71 Å². The Hall–Kier alpha value is -2.78. The van der Waals surface area contributed by atoms with Crippen LogP contribution in [0, 0.1) is 29.9 Å². The van der Waals surface area contributed by atoms with Crippen molar-refractivity contribution in [2.45, 2.75) is 11.8 Å². The van der Waals surface area contributed by atoms with Gasteiger partial charge in [0, 0.05) is 22.3 Å². The zero-order chi connectivity index (χ0) is 17.1. The van der Waals surface area contributed by atoms with Crippen LogP contribution < -0.4 is 4.72 Å². The Morgan fingerprint density at radius 3 is 2.62 bits per heavy atom. The summed E-state index contributed by atoms with van der Waals surface area (Å²) in [5, 5.41) is 8.73. The lowest BCUT2D eigenvalue weighted by atomic mass is 10.1. The average Bonchev–Trinajstić information content (AvgIpc) is 3.02. The Labute approximate surface area is 142 Å². The van der Waals surface area contributed by atoms with E-state index >= 15 is 0 Å². The van der Waals surface area contributed by atoms with E-state index in [0.717, 1.165) is 10.5 Å². The lowest BCUT2D eigenvalue weighted by Gasteiger charge is -2.05. The summed E-state index contributed by atoms with van der Waals surface area (Å²) in [5.74, 6) is -0.790. The number of hydrogen-bond acceptors (Lipinski definition) is 3. The molecule has 120 valence electrons. The summed E-state index contributed by atoms with van der Waals surface area (Å²) < 4.78 is 30.7. The van der Waals surface area contributed by atoms with E-state index in [1.807, 2.05) is 19.1 Å². The predicted octanol–water partition coefficient (Wildman–Crippen LogP) is 5.26. The molecule has 0 aliphatic heterocycles. The van der Waals surface area contributed by atoms with Gasteiger partial charge in [0.15, 0.2) is 0 Å². The molecular weight excluding hydrogens is 328 g/mol. The van der Waals surface area contributed by atoms with Gasteiger partial charge in [-0.2, -0.15) is 5.26 Å². The highest BCUT2D eigenvalue weighted by Gasteiger charge is 2.09. The molecule has 0 radical (unpaired) electrons. The first-order valence-corrected chi connectivity index (χ1v) is 7.96. The van der Waals surface area contributed by atoms with Crippen molar-refractivity contribution in [1.29, 1.82) is 5.26 Å². The zero-order valence-electron chi connectivity index (χ0n) is 12.7. The van der Waals surface area contributed by atoms with Gasteiger partial charge in [-0.1, -0.05) is 6.07 Å². The number of nitrogens with zero attached hydrogens (tertiary/aromatic N) is 1. The first kappa shape index (κ1) is 16.1. The van der Waals surface area contributed by atoms with Crippen molar-refractivity contribution >= 4 is 17.6 Å². The molecule has 0 saturated heterocycles. The molecule has 2 aromatic carbocycles. The van der Waals surface area contributed by atoms with E-state index in [2.05, 4.69) is 9.71 Å². The molecule has 0 unspecified atom stereocenters. The van der Waals surface area contributed by atoms with Gasteiger partial charge in [0.25, 0.3) is 0 Å². The second kappa shape index (κ2) is 6.77. The number of rotatable bonds is 4. The number of halogens is 2. The van der Waals surface area contributed by atoms with Crippen LogP contribution in [0.3, 0.4) is 0 Å². The van der Waals surface area contributed by atoms with E-state index in [1.165, 1.54) is 36.2 Å². The van der Waals surface area contributed by atoms with Gasteiger partial charge in [0.2, 0.25) is 0 Å². The molecule has 0 amide bonds. The molecule has 3 rings (SSSR count). The van der Waals surface area contributed by atoms with Crippen molar-refractivity contribution < 1.29 is 8.78 Å². The van der Waals surface area contributed by atoms with Gasteiger partial charge in [-0.25, -0.2) is 8.78 Å². The number of H-pyrrole nitrogens is 1. The molecule has 0 aliphatic rings. The molecule has 0 aliphatic carbocycles. The van der Waals surface area contributed by atoms with Gasteiger partial charge in [0.05, 0.1) is 17.3 Å². The first-order chi connectivity index (χ1) is 11.6. The van der Waals surface area contributed by atoms with Gasteiger partial charge in [0.1, 0.15) is 11.6 Å². The molecule has 0 fully saturated rings. The summed E-state index contributed by atoms with van der Waals surface area (Å²) in [7, 11) is 0.